The third-order valence-corrected chi connectivity index (χ3v) is 6.09. The molecule has 0 aliphatic heterocycles. The second kappa shape index (κ2) is 8.73. The molecule has 0 aliphatic carbocycles. The summed E-state index contributed by atoms with van der Waals surface area (Å²) in [5, 5.41) is 9.13. The highest BCUT2D eigenvalue weighted by molar-refractivity contribution is 7.99. The van der Waals surface area contributed by atoms with Crippen molar-refractivity contribution in [2.75, 3.05) is 5.32 Å². The Bertz CT molecular complexity index is 1290. The van der Waals surface area contributed by atoms with Crippen LogP contribution in [0.25, 0.3) is 10.8 Å². The number of aromatic nitrogens is 2. The molecular weight excluding hydrogens is 418 g/mol. The summed E-state index contributed by atoms with van der Waals surface area (Å²) in [5.74, 6) is -0.196. The molecule has 0 unspecified atom stereocenters. The van der Waals surface area contributed by atoms with Crippen LogP contribution in [0.4, 0.5) is 5.69 Å². The van der Waals surface area contributed by atoms with Crippen molar-refractivity contribution >= 4 is 45.7 Å². The van der Waals surface area contributed by atoms with Crippen molar-refractivity contribution < 1.29 is 4.79 Å². The van der Waals surface area contributed by atoms with E-state index in [9.17, 15) is 9.59 Å². The number of amides is 1. The molecule has 4 aromatic rings. The summed E-state index contributed by atoms with van der Waals surface area (Å²) in [4.78, 5) is 26.8. The molecule has 1 N–H and O–H groups in total. The molecule has 5 nitrogen and oxygen atoms in total. The SMILES string of the molecule is Cn1nc(CC(=O)Nc2ccc(Sc3ccccc3Cl)cc2)c2ccccc2c1=O. The van der Waals surface area contributed by atoms with Crippen molar-refractivity contribution in [1.29, 1.82) is 0 Å². The van der Waals surface area contributed by atoms with E-state index in [1.54, 1.807) is 30.9 Å². The van der Waals surface area contributed by atoms with Gasteiger partial charge in [0.1, 0.15) is 0 Å². The number of carbonyl (C=O) groups is 1. The van der Waals surface area contributed by atoms with Gasteiger partial charge in [-0.2, -0.15) is 5.10 Å². The van der Waals surface area contributed by atoms with Crippen LogP contribution in [0.15, 0.2) is 87.4 Å². The van der Waals surface area contributed by atoms with Crippen molar-refractivity contribution in [2.45, 2.75) is 16.2 Å². The molecule has 1 amide bonds. The van der Waals surface area contributed by atoms with Gasteiger partial charge in [-0.15, -0.1) is 0 Å². The molecule has 0 saturated heterocycles. The second-order valence-electron chi connectivity index (χ2n) is 6.70. The number of anilines is 1. The van der Waals surface area contributed by atoms with Crippen LogP contribution in [0.5, 0.6) is 0 Å². The van der Waals surface area contributed by atoms with Crippen molar-refractivity contribution in [3.63, 3.8) is 0 Å². The first-order valence-corrected chi connectivity index (χ1v) is 10.5. The first kappa shape index (κ1) is 20.2. The number of hydrogen-bond acceptors (Lipinski definition) is 4. The highest BCUT2D eigenvalue weighted by atomic mass is 35.5. The zero-order valence-electron chi connectivity index (χ0n) is 16.1. The minimum absolute atomic E-state index is 0.0742. The average Bonchev–Trinajstić information content (AvgIpc) is 2.75. The fourth-order valence-corrected chi connectivity index (χ4v) is 4.21. The fourth-order valence-electron chi connectivity index (χ4n) is 3.12. The average molecular weight is 436 g/mol. The quantitative estimate of drug-likeness (QED) is 0.483. The lowest BCUT2D eigenvalue weighted by Gasteiger charge is -2.09. The van der Waals surface area contributed by atoms with Crippen LogP contribution in [-0.4, -0.2) is 15.7 Å². The number of fused-ring (bicyclic) bond motifs is 1. The molecule has 0 atom stereocenters. The minimum atomic E-state index is -0.196. The number of rotatable bonds is 5. The summed E-state index contributed by atoms with van der Waals surface area (Å²) in [7, 11) is 1.59. The maximum atomic E-state index is 12.6. The summed E-state index contributed by atoms with van der Waals surface area (Å²) in [6.45, 7) is 0. The standard InChI is InChI=1S/C23H18ClN3O2S/c1-27-23(29)18-7-3-2-6-17(18)20(26-27)14-22(28)25-15-10-12-16(13-11-15)30-21-9-5-4-8-19(21)24/h2-13H,14H2,1H3,(H,25,28). The van der Waals surface area contributed by atoms with Gasteiger partial charge in [0.2, 0.25) is 5.91 Å². The van der Waals surface area contributed by atoms with Gasteiger partial charge in [-0.05, 0) is 42.5 Å². The van der Waals surface area contributed by atoms with Gasteiger partial charge in [0, 0.05) is 27.9 Å². The number of nitrogens with one attached hydrogen (secondary N) is 1. The Morgan fingerprint density at radius 1 is 1.00 bits per heavy atom. The summed E-state index contributed by atoms with van der Waals surface area (Å²) in [5.41, 5.74) is 1.08. The zero-order valence-corrected chi connectivity index (χ0v) is 17.7. The number of carbonyl (C=O) groups excluding carboxylic acids is 1. The number of aryl methyl sites for hydroxylation is 1. The summed E-state index contributed by atoms with van der Waals surface area (Å²) >= 11 is 7.77. The van der Waals surface area contributed by atoms with Gasteiger partial charge >= 0.3 is 0 Å². The predicted octanol–water partition coefficient (Wildman–Crippen LogP) is 4.92. The van der Waals surface area contributed by atoms with Crippen molar-refractivity contribution in [3.05, 3.63) is 93.9 Å². The molecule has 150 valence electrons. The monoisotopic (exact) mass is 435 g/mol. The fraction of sp³-hybridized carbons (Fsp3) is 0.0870. The smallest absolute Gasteiger partial charge is 0.274 e. The molecule has 3 aromatic carbocycles. The Kier molecular flexibility index (Phi) is 5.88. The van der Waals surface area contributed by atoms with Crippen LogP contribution in [0, 0.1) is 0 Å². The third-order valence-electron chi connectivity index (χ3n) is 4.56. The van der Waals surface area contributed by atoms with Gasteiger partial charge in [-0.1, -0.05) is 53.7 Å². The Labute approximate surface area is 182 Å². The lowest BCUT2D eigenvalue weighted by atomic mass is 10.1. The minimum Gasteiger partial charge on any atom is -0.326 e. The van der Waals surface area contributed by atoms with Crippen molar-refractivity contribution in [3.8, 4) is 0 Å². The van der Waals surface area contributed by atoms with Crippen molar-refractivity contribution in [1.82, 2.24) is 9.78 Å². The molecule has 4 rings (SSSR count). The molecule has 0 spiro atoms. The maximum absolute atomic E-state index is 12.6. The zero-order chi connectivity index (χ0) is 21.1. The van der Waals surface area contributed by atoms with Gasteiger partial charge in [0.05, 0.1) is 22.5 Å². The molecule has 1 heterocycles. The van der Waals surface area contributed by atoms with Crippen molar-refractivity contribution in [2.24, 2.45) is 7.05 Å². The summed E-state index contributed by atoms with van der Waals surface area (Å²) < 4.78 is 1.27. The highest BCUT2D eigenvalue weighted by Crippen LogP contribution is 2.33. The van der Waals surface area contributed by atoms with E-state index in [1.807, 2.05) is 60.7 Å². The second-order valence-corrected chi connectivity index (χ2v) is 8.23. The molecule has 7 heteroatoms. The lowest BCUT2D eigenvalue weighted by Crippen LogP contribution is -2.24. The predicted molar refractivity (Wildman–Crippen MR) is 121 cm³/mol. The van der Waals surface area contributed by atoms with Gasteiger partial charge in [0.25, 0.3) is 5.56 Å². The van der Waals surface area contributed by atoms with E-state index in [0.29, 0.717) is 27.2 Å². The molecule has 0 bridgehead atoms. The molecule has 0 aliphatic rings. The molecule has 30 heavy (non-hydrogen) atoms. The molecule has 0 fully saturated rings. The lowest BCUT2D eigenvalue weighted by molar-refractivity contribution is -0.115. The number of benzene rings is 3. The van der Waals surface area contributed by atoms with Crippen LogP contribution in [0.2, 0.25) is 5.02 Å². The van der Waals surface area contributed by atoms with Gasteiger partial charge in [-0.3, -0.25) is 9.59 Å². The Morgan fingerprint density at radius 2 is 1.67 bits per heavy atom. The van der Waals surface area contributed by atoms with Gasteiger partial charge in [-0.25, -0.2) is 4.68 Å². The van der Waals surface area contributed by atoms with Gasteiger partial charge in [0.15, 0.2) is 0 Å². The maximum Gasteiger partial charge on any atom is 0.274 e. The van der Waals surface area contributed by atoms with Crippen LogP contribution in [-0.2, 0) is 18.3 Å². The Balaban J connectivity index is 1.47. The van der Waals surface area contributed by atoms with E-state index in [1.165, 1.54) is 4.68 Å². The molecule has 0 radical (unpaired) electrons. The first-order chi connectivity index (χ1) is 14.5. The molecule has 0 saturated carbocycles. The summed E-state index contributed by atoms with van der Waals surface area (Å²) in [6.07, 6.45) is 0.0742. The Morgan fingerprint density at radius 3 is 2.40 bits per heavy atom. The van der Waals surface area contributed by atoms with Crippen LogP contribution < -0.4 is 10.9 Å². The molecule has 1 aromatic heterocycles. The topological polar surface area (TPSA) is 64.0 Å². The largest absolute Gasteiger partial charge is 0.326 e. The van der Waals surface area contributed by atoms with E-state index in [0.717, 1.165) is 9.79 Å². The van der Waals surface area contributed by atoms with Gasteiger partial charge < -0.3 is 5.32 Å². The van der Waals surface area contributed by atoms with E-state index in [2.05, 4.69) is 10.4 Å². The summed E-state index contributed by atoms with van der Waals surface area (Å²) in [6, 6.07) is 22.4. The highest BCUT2D eigenvalue weighted by Gasteiger charge is 2.12. The van der Waals surface area contributed by atoms with E-state index in [-0.39, 0.29) is 17.9 Å². The number of halogens is 1. The number of nitrogens with zero attached hydrogens (tertiary/aromatic N) is 2. The van der Waals surface area contributed by atoms with E-state index in [4.69, 9.17) is 11.6 Å². The first-order valence-electron chi connectivity index (χ1n) is 9.28. The van der Waals surface area contributed by atoms with E-state index >= 15 is 0 Å². The normalized spacial score (nSPS) is 10.9. The van der Waals surface area contributed by atoms with Crippen LogP contribution >= 0.6 is 23.4 Å². The van der Waals surface area contributed by atoms with Crippen LogP contribution in [0.3, 0.4) is 0 Å². The van der Waals surface area contributed by atoms with Crippen LogP contribution in [0.1, 0.15) is 5.69 Å². The molecular formula is C23H18ClN3O2S. The Hall–Kier alpha value is -3.09. The number of hydrogen-bond donors (Lipinski definition) is 1. The third kappa shape index (κ3) is 4.40. The van der Waals surface area contributed by atoms with E-state index < -0.39 is 0 Å².